The molecule has 2 rings (SSSR count). The molecule has 1 aromatic carbocycles. The molecule has 1 saturated carbocycles. The maximum Gasteiger partial charge on any atom is 0.224 e. The largest absolute Gasteiger partial charge is 0.356 e. The molecule has 23 heavy (non-hydrogen) atoms. The normalized spacial score (nSPS) is 13.3. The Morgan fingerprint density at radius 2 is 1.91 bits per heavy atom. The van der Waals surface area contributed by atoms with E-state index in [4.69, 9.17) is 11.6 Å². The molecule has 0 saturated heterocycles. The van der Waals surface area contributed by atoms with Crippen molar-refractivity contribution in [2.75, 3.05) is 17.2 Å². The van der Waals surface area contributed by atoms with Crippen molar-refractivity contribution in [1.82, 2.24) is 5.32 Å². The predicted molar refractivity (Wildman–Crippen MR) is 89.4 cm³/mol. The molecule has 3 N–H and O–H groups in total. The van der Waals surface area contributed by atoms with Gasteiger partial charge in [0.15, 0.2) is 0 Å². The Balaban J connectivity index is 1.79. The average molecular weight is 338 g/mol. The summed E-state index contributed by atoms with van der Waals surface area (Å²) < 4.78 is 0. The third-order valence-electron chi connectivity index (χ3n) is 3.39. The second kappa shape index (κ2) is 7.97. The molecule has 0 spiro atoms. The van der Waals surface area contributed by atoms with Gasteiger partial charge in [0.05, 0.1) is 11.4 Å². The van der Waals surface area contributed by atoms with Crippen molar-refractivity contribution in [2.45, 2.75) is 32.6 Å². The van der Waals surface area contributed by atoms with E-state index < -0.39 is 0 Å². The summed E-state index contributed by atoms with van der Waals surface area (Å²) in [4.78, 5) is 34.6. The van der Waals surface area contributed by atoms with Crippen molar-refractivity contribution in [3.05, 3.63) is 23.2 Å². The van der Waals surface area contributed by atoms with Gasteiger partial charge in [-0.2, -0.15) is 0 Å². The summed E-state index contributed by atoms with van der Waals surface area (Å²) in [5, 5.41) is 8.65. The van der Waals surface area contributed by atoms with E-state index >= 15 is 0 Å². The first-order chi connectivity index (χ1) is 11.0. The highest BCUT2D eigenvalue weighted by Crippen LogP contribution is 2.28. The van der Waals surface area contributed by atoms with Crippen LogP contribution < -0.4 is 16.0 Å². The Hall–Kier alpha value is -2.08. The number of hydrogen-bond acceptors (Lipinski definition) is 3. The Labute approximate surface area is 140 Å². The van der Waals surface area contributed by atoms with Crippen molar-refractivity contribution in [1.29, 1.82) is 0 Å². The van der Waals surface area contributed by atoms with E-state index in [9.17, 15) is 14.4 Å². The van der Waals surface area contributed by atoms with Crippen LogP contribution in [0.4, 0.5) is 11.4 Å². The molecule has 1 aromatic rings. The van der Waals surface area contributed by atoms with Gasteiger partial charge < -0.3 is 16.0 Å². The van der Waals surface area contributed by atoms with E-state index in [2.05, 4.69) is 16.0 Å². The third-order valence-corrected chi connectivity index (χ3v) is 3.63. The van der Waals surface area contributed by atoms with Crippen LogP contribution in [-0.2, 0) is 14.4 Å². The number of benzene rings is 1. The van der Waals surface area contributed by atoms with Gasteiger partial charge in [-0.3, -0.25) is 14.4 Å². The molecule has 7 heteroatoms. The number of carbonyl (C=O) groups excluding carboxylic acids is 3. The molecule has 6 nitrogen and oxygen atoms in total. The summed E-state index contributed by atoms with van der Waals surface area (Å²) in [5.74, 6) is -0.167. The van der Waals surface area contributed by atoms with Gasteiger partial charge in [-0.15, -0.1) is 0 Å². The van der Waals surface area contributed by atoms with E-state index in [1.165, 1.54) is 6.92 Å². The quantitative estimate of drug-likeness (QED) is 0.668. The summed E-state index contributed by atoms with van der Waals surface area (Å²) in [6.07, 6.45) is 2.78. The first kappa shape index (κ1) is 17.3. The lowest BCUT2D eigenvalue weighted by Crippen LogP contribution is -2.26. The second-order valence-corrected chi connectivity index (χ2v) is 6.02. The first-order valence-electron chi connectivity index (χ1n) is 7.60. The molecular weight excluding hydrogens is 318 g/mol. The van der Waals surface area contributed by atoms with Crippen LogP contribution in [0.2, 0.25) is 5.02 Å². The van der Waals surface area contributed by atoms with E-state index in [0.29, 0.717) is 29.4 Å². The van der Waals surface area contributed by atoms with Gasteiger partial charge in [-0.1, -0.05) is 11.6 Å². The zero-order chi connectivity index (χ0) is 16.8. The van der Waals surface area contributed by atoms with Gasteiger partial charge in [-0.25, -0.2) is 0 Å². The van der Waals surface area contributed by atoms with Gasteiger partial charge >= 0.3 is 0 Å². The lowest BCUT2D eigenvalue weighted by atomic mass is 10.2. The van der Waals surface area contributed by atoms with Crippen LogP contribution in [-0.4, -0.2) is 24.3 Å². The first-order valence-corrected chi connectivity index (χ1v) is 7.98. The molecule has 0 atom stereocenters. The molecule has 1 aliphatic carbocycles. The SMILES string of the molecule is CC(=O)Nc1cc(Cl)ccc1NC(=O)CCCNC(=O)C1CC1. The topological polar surface area (TPSA) is 87.3 Å². The number of halogens is 1. The predicted octanol–water partition coefficient (Wildman–Crippen LogP) is 2.54. The highest BCUT2D eigenvalue weighted by atomic mass is 35.5. The minimum Gasteiger partial charge on any atom is -0.356 e. The molecule has 3 amide bonds. The molecule has 0 radical (unpaired) electrons. The number of nitrogens with one attached hydrogen (secondary N) is 3. The molecule has 0 unspecified atom stereocenters. The van der Waals surface area contributed by atoms with E-state index in [1.54, 1.807) is 18.2 Å². The van der Waals surface area contributed by atoms with Crippen LogP contribution in [0.15, 0.2) is 18.2 Å². The molecular formula is C16H20ClN3O3. The van der Waals surface area contributed by atoms with Crippen LogP contribution >= 0.6 is 11.6 Å². The maximum atomic E-state index is 12.0. The van der Waals surface area contributed by atoms with Crippen LogP contribution in [0.1, 0.15) is 32.6 Å². The van der Waals surface area contributed by atoms with Gasteiger partial charge in [-0.05, 0) is 37.5 Å². The van der Waals surface area contributed by atoms with Crippen molar-refractivity contribution in [3.8, 4) is 0 Å². The van der Waals surface area contributed by atoms with Crippen molar-refractivity contribution < 1.29 is 14.4 Å². The average Bonchev–Trinajstić information content (AvgIpc) is 3.30. The Kier molecular flexibility index (Phi) is 5.98. The molecule has 1 aliphatic rings. The highest BCUT2D eigenvalue weighted by molar-refractivity contribution is 6.31. The number of rotatable bonds is 7. The smallest absolute Gasteiger partial charge is 0.224 e. The fourth-order valence-corrected chi connectivity index (χ4v) is 2.25. The zero-order valence-electron chi connectivity index (χ0n) is 12.9. The molecule has 1 fully saturated rings. The number of anilines is 2. The zero-order valence-corrected chi connectivity index (χ0v) is 13.7. The van der Waals surface area contributed by atoms with Gasteiger partial charge in [0.2, 0.25) is 17.7 Å². The van der Waals surface area contributed by atoms with Crippen molar-refractivity contribution in [3.63, 3.8) is 0 Å². The van der Waals surface area contributed by atoms with E-state index in [1.807, 2.05) is 0 Å². The van der Waals surface area contributed by atoms with Gasteiger partial charge in [0, 0.05) is 30.8 Å². The minimum absolute atomic E-state index is 0.0797. The lowest BCUT2D eigenvalue weighted by Gasteiger charge is -2.12. The third kappa shape index (κ3) is 5.90. The summed E-state index contributed by atoms with van der Waals surface area (Å²) in [5.41, 5.74) is 0.956. The summed E-state index contributed by atoms with van der Waals surface area (Å²) in [6, 6.07) is 4.85. The number of carbonyl (C=O) groups is 3. The monoisotopic (exact) mass is 337 g/mol. The van der Waals surface area contributed by atoms with Gasteiger partial charge in [0.1, 0.15) is 0 Å². The number of amides is 3. The summed E-state index contributed by atoms with van der Waals surface area (Å²) in [7, 11) is 0. The number of hydrogen-bond donors (Lipinski definition) is 3. The summed E-state index contributed by atoms with van der Waals surface area (Å²) in [6.45, 7) is 1.87. The highest BCUT2D eigenvalue weighted by Gasteiger charge is 2.28. The van der Waals surface area contributed by atoms with E-state index in [-0.39, 0.29) is 30.1 Å². The molecule has 0 heterocycles. The van der Waals surface area contributed by atoms with E-state index in [0.717, 1.165) is 12.8 Å². The van der Waals surface area contributed by atoms with Crippen LogP contribution in [0.5, 0.6) is 0 Å². The lowest BCUT2D eigenvalue weighted by molar-refractivity contribution is -0.122. The Morgan fingerprint density at radius 1 is 1.17 bits per heavy atom. The molecule has 124 valence electrons. The second-order valence-electron chi connectivity index (χ2n) is 5.59. The fourth-order valence-electron chi connectivity index (χ4n) is 2.08. The van der Waals surface area contributed by atoms with Crippen LogP contribution in [0.25, 0.3) is 0 Å². The van der Waals surface area contributed by atoms with Crippen molar-refractivity contribution in [2.24, 2.45) is 5.92 Å². The summed E-state index contributed by atoms with van der Waals surface area (Å²) >= 11 is 5.90. The Morgan fingerprint density at radius 3 is 2.57 bits per heavy atom. The fraction of sp³-hybridized carbons (Fsp3) is 0.438. The molecule has 0 bridgehead atoms. The molecule has 0 aliphatic heterocycles. The maximum absolute atomic E-state index is 12.0. The minimum atomic E-state index is -0.245. The standard InChI is InChI=1S/C16H20ClN3O3/c1-10(21)19-14-9-12(17)6-7-13(14)20-15(22)3-2-8-18-16(23)11-4-5-11/h6-7,9,11H,2-5,8H2,1H3,(H,18,23)(H,19,21)(H,20,22). The van der Waals surface area contributed by atoms with Crippen molar-refractivity contribution >= 4 is 40.7 Å². The molecule has 0 aromatic heterocycles. The van der Waals surface area contributed by atoms with Crippen LogP contribution in [0, 0.1) is 5.92 Å². The van der Waals surface area contributed by atoms with Crippen LogP contribution in [0.3, 0.4) is 0 Å². The van der Waals surface area contributed by atoms with Gasteiger partial charge in [0.25, 0.3) is 0 Å². The Bertz CT molecular complexity index is 615.